The van der Waals surface area contributed by atoms with Gasteiger partial charge in [-0.3, -0.25) is 0 Å². The fourth-order valence-electron chi connectivity index (χ4n) is 2.26. The SMILES string of the molecule is CC(C)Oc1cccnc1NC1CCCNC1C. The summed E-state index contributed by atoms with van der Waals surface area (Å²) in [6.45, 7) is 7.38. The average molecular weight is 249 g/mol. The first kappa shape index (κ1) is 13.1. The maximum atomic E-state index is 5.78. The van der Waals surface area contributed by atoms with Crippen LogP contribution in [0.15, 0.2) is 18.3 Å². The van der Waals surface area contributed by atoms with Crippen molar-refractivity contribution in [3.05, 3.63) is 18.3 Å². The van der Waals surface area contributed by atoms with Gasteiger partial charge in [-0.1, -0.05) is 0 Å². The molecule has 18 heavy (non-hydrogen) atoms. The lowest BCUT2D eigenvalue weighted by molar-refractivity contribution is 0.242. The van der Waals surface area contributed by atoms with Gasteiger partial charge in [0, 0.05) is 18.3 Å². The third-order valence-corrected chi connectivity index (χ3v) is 3.22. The molecule has 1 aliphatic heterocycles. The Morgan fingerprint density at radius 2 is 2.33 bits per heavy atom. The molecule has 4 nitrogen and oxygen atoms in total. The van der Waals surface area contributed by atoms with Crippen molar-refractivity contribution in [1.29, 1.82) is 0 Å². The van der Waals surface area contributed by atoms with Crippen molar-refractivity contribution >= 4 is 5.82 Å². The Bertz CT molecular complexity index is 381. The molecule has 0 aliphatic carbocycles. The largest absolute Gasteiger partial charge is 0.487 e. The van der Waals surface area contributed by atoms with Crippen LogP contribution in [0.1, 0.15) is 33.6 Å². The van der Waals surface area contributed by atoms with E-state index in [1.165, 1.54) is 12.8 Å². The van der Waals surface area contributed by atoms with E-state index >= 15 is 0 Å². The van der Waals surface area contributed by atoms with Crippen molar-refractivity contribution in [2.75, 3.05) is 11.9 Å². The van der Waals surface area contributed by atoms with Crippen LogP contribution in [0.3, 0.4) is 0 Å². The van der Waals surface area contributed by atoms with Gasteiger partial charge in [-0.05, 0) is 52.3 Å². The third kappa shape index (κ3) is 3.35. The van der Waals surface area contributed by atoms with E-state index in [1.54, 1.807) is 6.20 Å². The molecule has 0 saturated carbocycles. The second kappa shape index (κ2) is 6.05. The Morgan fingerprint density at radius 3 is 3.06 bits per heavy atom. The van der Waals surface area contributed by atoms with Gasteiger partial charge in [-0.2, -0.15) is 0 Å². The molecule has 0 spiro atoms. The number of piperidine rings is 1. The summed E-state index contributed by atoms with van der Waals surface area (Å²) in [7, 11) is 0. The van der Waals surface area contributed by atoms with Crippen molar-refractivity contribution in [2.45, 2.75) is 51.8 Å². The molecular weight excluding hydrogens is 226 g/mol. The van der Waals surface area contributed by atoms with Crippen LogP contribution < -0.4 is 15.4 Å². The quantitative estimate of drug-likeness (QED) is 0.860. The monoisotopic (exact) mass is 249 g/mol. The molecule has 2 rings (SSSR count). The molecule has 1 aliphatic rings. The zero-order chi connectivity index (χ0) is 13.0. The van der Waals surface area contributed by atoms with E-state index in [1.807, 2.05) is 26.0 Å². The van der Waals surface area contributed by atoms with E-state index in [9.17, 15) is 0 Å². The third-order valence-electron chi connectivity index (χ3n) is 3.22. The number of ether oxygens (including phenoxy) is 1. The van der Waals surface area contributed by atoms with E-state index in [2.05, 4.69) is 22.5 Å². The van der Waals surface area contributed by atoms with Crippen molar-refractivity contribution in [2.24, 2.45) is 0 Å². The minimum atomic E-state index is 0.164. The van der Waals surface area contributed by atoms with Gasteiger partial charge in [0.15, 0.2) is 11.6 Å². The standard InChI is InChI=1S/C14H23N3O/c1-10(2)18-13-7-5-9-16-14(13)17-12-6-4-8-15-11(12)3/h5,7,9-12,15H,4,6,8H2,1-3H3,(H,16,17). The van der Waals surface area contributed by atoms with Gasteiger partial charge >= 0.3 is 0 Å². The fourth-order valence-corrected chi connectivity index (χ4v) is 2.26. The first-order valence-corrected chi connectivity index (χ1v) is 6.78. The smallest absolute Gasteiger partial charge is 0.169 e. The Morgan fingerprint density at radius 1 is 1.50 bits per heavy atom. The predicted octanol–water partition coefficient (Wildman–Crippen LogP) is 2.42. The first-order chi connectivity index (χ1) is 8.66. The highest BCUT2D eigenvalue weighted by molar-refractivity contribution is 5.50. The molecule has 100 valence electrons. The minimum Gasteiger partial charge on any atom is -0.487 e. The lowest BCUT2D eigenvalue weighted by atomic mass is 10.00. The zero-order valence-electron chi connectivity index (χ0n) is 11.4. The Hall–Kier alpha value is -1.29. The zero-order valence-corrected chi connectivity index (χ0v) is 11.4. The minimum absolute atomic E-state index is 0.164. The molecule has 1 saturated heterocycles. The normalized spacial score (nSPS) is 24.0. The molecule has 1 fully saturated rings. The van der Waals surface area contributed by atoms with Crippen molar-refractivity contribution < 1.29 is 4.74 Å². The number of anilines is 1. The molecule has 2 atom stereocenters. The molecule has 0 bridgehead atoms. The maximum Gasteiger partial charge on any atom is 0.169 e. The molecule has 1 aromatic heterocycles. The van der Waals surface area contributed by atoms with Gasteiger partial charge in [0.05, 0.1) is 6.10 Å². The molecule has 1 aromatic rings. The van der Waals surface area contributed by atoms with Crippen LogP contribution in [0, 0.1) is 0 Å². The van der Waals surface area contributed by atoms with Gasteiger partial charge in [0.2, 0.25) is 0 Å². The van der Waals surface area contributed by atoms with E-state index < -0.39 is 0 Å². The highest BCUT2D eigenvalue weighted by atomic mass is 16.5. The summed E-state index contributed by atoms with van der Waals surface area (Å²) in [6.07, 6.45) is 4.34. The van der Waals surface area contributed by atoms with Crippen LogP contribution in [0.4, 0.5) is 5.82 Å². The molecule has 0 amide bonds. The van der Waals surface area contributed by atoms with Gasteiger partial charge in [0.25, 0.3) is 0 Å². The summed E-state index contributed by atoms with van der Waals surface area (Å²) in [5.74, 6) is 1.69. The van der Waals surface area contributed by atoms with Crippen molar-refractivity contribution in [3.8, 4) is 5.75 Å². The Balaban J connectivity index is 2.07. The first-order valence-electron chi connectivity index (χ1n) is 6.78. The summed E-state index contributed by atoms with van der Waals surface area (Å²) in [5, 5.41) is 6.99. The molecule has 0 aromatic carbocycles. The maximum absolute atomic E-state index is 5.78. The van der Waals surface area contributed by atoms with Crippen LogP contribution in [0.5, 0.6) is 5.75 Å². The molecule has 4 heteroatoms. The second-order valence-corrected chi connectivity index (χ2v) is 5.15. The van der Waals surface area contributed by atoms with E-state index in [-0.39, 0.29) is 6.10 Å². The van der Waals surface area contributed by atoms with Crippen LogP contribution in [-0.2, 0) is 0 Å². The number of aromatic nitrogens is 1. The van der Waals surface area contributed by atoms with Crippen molar-refractivity contribution in [3.63, 3.8) is 0 Å². The number of rotatable bonds is 4. The predicted molar refractivity (Wildman–Crippen MR) is 74.1 cm³/mol. The highest BCUT2D eigenvalue weighted by Crippen LogP contribution is 2.24. The molecule has 2 unspecified atom stereocenters. The molecule has 0 radical (unpaired) electrons. The number of hydrogen-bond donors (Lipinski definition) is 2. The van der Waals surface area contributed by atoms with E-state index in [0.717, 1.165) is 18.1 Å². The van der Waals surface area contributed by atoms with Crippen LogP contribution in [0.25, 0.3) is 0 Å². The highest BCUT2D eigenvalue weighted by Gasteiger charge is 2.22. The lowest BCUT2D eigenvalue weighted by Crippen LogP contribution is -2.46. The van der Waals surface area contributed by atoms with Crippen LogP contribution in [0.2, 0.25) is 0 Å². The van der Waals surface area contributed by atoms with E-state index in [4.69, 9.17) is 4.74 Å². The van der Waals surface area contributed by atoms with Gasteiger partial charge in [-0.25, -0.2) is 4.98 Å². The van der Waals surface area contributed by atoms with E-state index in [0.29, 0.717) is 12.1 Å². The fraction of sp³-hybridized carbons (Fsp3) is 0.643. The van der Waals surface area contributed by atoms with Crippen molar-refractivity contribution in [1.82, 2.24) is 10.3 Å². The topological polar surface area (TPSA) is 46.2 Å². The summed E-state index contributed by atoms with van der Waals surface area (Å²) in [6, 6.07) is 4.76. The van der Waals surface area contributed by atoms with Crippen LogP contribution >= 0.6 is 0 Å². The van der Waals surface area contributed by atoms with Gasteiger partial charge in [0.1, 0.15) is 0 Å². The Kier molecular flexibility index (Phi) is 4.42. The Labute approximate surface area is 109 Å². The number of hydrogen-bond acceptors (Lipinski definition) is 4. The number of nitrogens with one attached hydrogen (secondary N) is 2. The molecule has 2 heterocycles. The summed E-state index contributed by atoms with van der Waals surface area (Å²) in [5.41, 5.74) is 0. The number of nitrogens with zero attached hydrogens (tertiary/aromatic N) is 1. The summed E-state index contributed by atoms with van der Waals surface area (Å²) < 4.78 is 5.78. The summed E-state index contributed by atoms with van der Waals surface area (Å²) >= 11 is 0. The molecule has 2 N–H and O–H groups in total. The van der Waals surface area contributed by atoms with Crippen LogP contribution in [-0.4, -0.2) is 29.7 Å². The average Bonchev–Trinajstić information content (AvgIpc) is 2.34. The van der Waals surface area contributed by atoms with Gasteiger partial charge < -0.3 is 15.4 Å². The summed E-state index contributed by atoms with van der Waals surface area (Å²) in [4.78, 5) is 4.40. The van der Waals surface area contributed by atoms with Gasteiger partial charge in [-0.15, -0.1) is 0 Å². The molecular formula is C14H23N3O. The second-order valence-electron chi connectivity index (χ2n) is 5.15. The number of pyridine rings is 1. The lowest BCUT2D eigenvalue weighted by Gasteiger charge is -2.31.